The normalized spacial score (nSPS) is 12.2. The van der Waals surface area contributed by atoms with E-state index in [0.717, 1.165) is 44.9 Å². The third-order valence-electron chi connectivity index (χ3n) is 6.06. The third-order valence-corrected chi connectivity index (χ3v) is 6.06. The average Bonchev–Trinajstić information content (AvgIpc) is 2.84. The zero-order valence-corrected chi connectivity index (χ0v) is 22.4. The third kappa shape index (κ3) is 23.8. The second kappa shape index (κ2) is 26.2. The molecule has 0 aliphatic heterocycles. The predicted octanol–water partition coefficient (Wildman–Crippen LogP) is 7.83. The molecule has 0 heterocycles. The second-order valence-corrected chi connectivity index (χ2v) is 9.48. The van der Waals surface area contributed by atoms with E-state index < -0.39 is 6.10 Å². The summed E-state index contributed by atoms with van der Waals surface area (Å²) in [4.78, 5) is 23.9. The average molecular weight is 483 g/mol. The molecule has 0 amide bonds. The summed E-state index contributed by atoms with van der Waals surface area (Å²) in [6.45, 7) is 4.05. The van der Waals surface area contributed by atoms with Crippen LogP contribution in [0.4, 0.5) is 0 Å². The number of carbonyl (C=O) groups is 2. The first-order valence-electron chi connectivity index (χ1n) is 14.2. The van der Waals surface area contributed by atoms with Gasteiger partial charge >= 0.3 is 11.9 Å². The lowest BCUT2D eigenvalue weighted by molar-refractivity contribution is -0.161. The molecule has 0 rings (SSSR count). The number of rotatable bonds is 25. The second-order valence-electron chi connectivity index (χ2n) is 9.48. The number of unbranched alkanes of at least 4 members (excludes halogenated alkanes) is 15. The van der Waals surface area contributed by atoms with E-state index in [0.29, 0.717) is 12.8 Å². The molecule has 0 spiro atoms. The van der Waals surface area contributed by atoms with Gasteiger partial charge in [-0.3, -0.25) is 9.59 Å². The van der Waals surface area contributed by atoms with Crippen molar-refractivity contribution in [1.82, 2.24) is 0 Å². The van der Waals surface area contributed by atoms with Gasteiger partial charge in [-0.2, -0.15) is 0 Å². The molecule has 0 saturated carbocycles. The molecule has 0 aromatic rings. The zero-order valence-electron chi connectivity index (χ0n) is 22.4. The minimum atomic E-state index is -0.765. The molecule has 5 nitrogen and oxygen atoms in total. The van der Waals surface area contributed by atoms with Crippen LogP contribution in [-0.2, 0) is 19.1 Å². The Morgan fingerprint density at radius 3 is 1.65 bits per heavy atom. The molecule has 0 aliphatic carbocycles. The summed E-state index contributed by atoms with van der Waals surface area (Å²) in [7, 11) is 0. The molecule has 0 aromatic carbocycles. The van der Waals surface area contributed by atoms with E-state index in [-0.39, 0.29) is 25.2 Å². The summed E-state index contributed by atoms with van der Waals surface area (Å²) in [5, 5.41) is 9.42. The fourth-order valence-corrected chi connectivity index (χ4v) is 3.84. The minimum Gasteiger partial charge on any atom is -0.462 e. The van der Waals surface area contributed by atoms with E-state index in [4.69, 9.17) is 9.47 Å². The largest absolute Gasteiger partial charge is 0.462 e. The summed E-state index contributed by atoms with van der Waals surface area (Å²) >= 11 is 0. The van der Waals surface area contributed by atoms with Crippen molar-refractivity contribution >= 4 is 11.9 Å². The van der Waals surface area contributed by atoms with Crippen molar-refractivity contribution in [2.24, 2.45) is 0 Å². The molecule has 0 bridgehead atoms. The number of ether oxygens (including phenoxy) is 2. The van der Waals surface area contributed by atoms with Gasteiger partial charge in [0.1, 0.15) is 6.61 Å². The number of hydrogen-bond donors (Lipinski definition) is 1. The highest BCUT2D eigenvalue weighted by Crippen LogP contribution is 2.11. The van der Waals surface area contributed by atoms with E-state index in [1.54, 1.807) is 0 Å². The van der Waals surface area contributed by atoms with Gasteiger partial charge in [0.05, 0.1) is 6.61 Å². The van der Waals surface area contributed by atoms with Gasteiger partial charge in [0.25, 0.3) is 0 Å². The van der Waals surface area contributed by atoms with E-state index in [1.165, 1.54) is 70.6 Å². The number of aliphatic hydroxyl groups is 1. The van der Waals surface area contributed by atoms with Crippen LogP contribution in [0.1, 0.15) is 142 Å². The Kier molecular flexibility index (Phi) is 25.2. The fraction of sp³-hybridized carbons (Fsp3) is 0.862. The Labute approximate surface area is 210 Å². The highest BCUT2D eigenvalue weighted by molar-refractivity contribution is 5.70. The van der Waals surface area contributed by atoms with Gasteiger partial charge in [-0.1, -0.05) is 103 Å². The molecule has 1 unspecified atom stereocenters. The standard InChI is InChI=1S/C29H54O5/c1-3-5-7-9-11-13-14-15-16-18-20-22-24-29(32)34-27(25-30)26-33-28(31)23-21-19-17-12-10-8-6-4-2/h11,13,27,30H,3-10,12,14-26H2,1-2H3/b13-11-. The van der Waals surface area contributed by atoms with Crippen LogP contribution in [-0.4, -0.2) is 36.4 Å². The van der Waals surface area contributed by atoms with Crippen LogP contribution in [0.2, 0.25) is 0 Å². The van der Waals surface area contributed by atoms with Crippen LogP contribution < -0.4 is 0 Å². The quantitative estimate of drug-likeness (QED) is 0.0815. The van der Waals surface area contributed by atoms with E-state index in [1.807, 2.05) is 0 Å². The number of aliphatic hydroxyl groups excluding tert-OH is 1. The fourth-order valence-electron chi connectivity index (χ4n) is 3.84. The Morgan fingerprint density at radius 2 is 1.09 bits per heavy atom. The van der Waals surface area contributed by atoms with Crippen LogP contribution in [0.25, 0.3) is 0 Å². The summed E-state index contributed by atoms with van der Waals surface area (Å²) in [6.07, 6.45) is 25.5. The Hall–Kier alpha value is -1.36. The molecule has 0 fully saturated rings. The predicted molar refractivity (Wildman–Crippen MR) is 141 cm³/mol. The van der Waals surface area contributed by atoms with Crippen LogP contribution in [0.15, 0.2) is 12.2 Å². The molecule has 0 saturated heterocycles. The van der Waals surface area contributed by atoms with Gasteiger partial charge in [-0.25, -0.2) is 0 Å². The van der Waals surface area contributed by atoms with Gasteiger partial charge in [0, 0.05) is 12.8 Å². The zero-order chi connectivity index (χ0) is 25.1. The maximum Gasteiger partial charge on any atom is 0.306 e. The maximum atomic E-state index is 12.0. The van der Waals surface area contributed by atoms with E-state index in [2.05, 4.69) is 26.0 Å². The number of hydrogen-bond acceptors (Lipinski definition) is 5. The molecule has 0 aliphatic rings. The first kappa shape index (κ1) is 32.6. The van der Waals surface area contributed by atoms with Crippen LogP contribution in [0.3, 0.4) is 0 Å². The minimum absolute atomic E-state index is 0.0654. The molecular formula is C29H54O5. The van der Waals surface area contributed by atoms with Gasteiger partial charge in [0.15, 0.2) is 6.10 Å². The van der Waals surface area contributed by atoms with Crippen molar-refractivity contribution in [3.63, 3.8) is 0 Å². The molecular weight excluding hydrogens is 428 g/mol. The molecule has 0 aromatic heterocycles. The van der Waals surface area contributed by atoms with Crippen molar-refractivity contribution in [1.29, 1.82) is 0 Å². The van der Waals surface area contributed by atoms with Crippen LogP contribution in [0, 0.1) is 0 Å². The lowest BCUT2D eigenvalue weighted by Gasteiger charge is -2.15. The summed E-state index contributed by atoms with van der Waals surface area (Å²) in [6, 6.07) is 0. The topological polar surface area (TPSA) is 72.8 Å². The van der Waals surface area contributed by atoms with Crippen molar-refractivity contribution in [2.45, 2.75) is 148 Å². The molecule has 1 atom stereocenters. The Bertz CT molecular complexity index is 489. The van der Waals surface area contributed by atoms with E-state index >= 15 is 0 Å². The molecule has 200 valence electrons. The van der Waals surface area contributed by atoms with Crippen molar-refractivity contribution in [3.05, 3.63) is 12.2 Å². The van der Waals surface area contributed by atoms with Crippen LogP contribution >= 0.6 is 0 Å². The first-order valence-corrected chi connectivity index (χ1v) is 14.2. The van der Waals surface area contributed by atoms with Gasteiger partial charge in [-0.05, 0) is 38.5 Å². The summed E-state index contributed by atoms with van der Waals surface area (Å²) in [5.41, 5.74) is 0. The summed E-state index contributed by atoms with van der Waals surface area (Å²) in [5.74, 6) is -0.607. The van der Waals surface area contributed by atoms with Crippen molar-refractivity contribution in [2.75, 3.05) is 13.2 Å². The van der Waals surface area contributed by atoms with Gasteiger partial charge in [-0.15, -0.1) is 0 Å². The lowest BCUT2D eigenvalue weighted by Crippen LogP contribution is -2.28. The van der Waals surface area contributed by atoms with Crippen molar-refractivity contribution in [3.8, 4) is 0 Å². The van der Waals surface area contributed by atoms with Crippen molar-refractivity contribution < 1.29 is 24.2 Å². The highest BCUT2D eigenvalue weighted by Gasteiger charge is 2.16. The van der Waals surface area contributed by atoms with E-state index in [9.17, 15) is 14.7 Å². The molecule has 5 heteroatoms. The lowest BCUT2D eigenvalue weighted by atomic mass is 10.1. The Morgan fingerprint density at radius 1 is 0.647 bits per heavy atom. The summed E-state index contributed by atoms with van der Waals surface area (Å²) < 4.78 is 10.5. The van der Waals surface area contributed by atoms with Gasteiger partial charge in [0.2, 0.25) is 0 Å². The maximum absolute atomic E-state index is 12.0. The molecule has 34 heavy (non-hydrogen) atoms. The molecule has 0 radical (unpaired) electrons. The number of allylic oxidation sites excluding steroid dienone is 2. The monoisotopic (exact) mass is 482 g/mol. The number of esters is 2. The van der Waals surface area contributed by atoms with Gasteiger partial charge < -0.3 is 14.6 Å². The SMILES string of the molecule is CCCCC/C=C\CCCCCCCC(=O)OC(CO)COC(=O)CCCCCCCCCC. The first-order chi connectivity index (χ1) is 16.6. The number of carbonyl (C=O) groups excluding carboxylic acids is 2. The Balaban J connectivity index is 3.63. The molecule has 1 N–H and O–H groups in total. The van der Waals surface area contributed by atoms with Crippen LogP contribution in [0.5, 0.6) is 0 Å². The smallest absolute Gasteiger partial charge is 0.306 e. The highest BCUT2D eigenvalue weighted by atomic mass is 16.6.